The second-order valence-electron chi connectivity index (χ2n) is 5.18. The number of ether oxygens (including phenoxy) is 2. The molecule has 2 rings (SSSR count). The van der Waals surface area contributed by atoms with Crippen LogP contribution in [0.15, 0.2) is 17.0 Å². The number of rotatable bonds is 5. The van der Waals surface area contributed by atoms with Crippen LogP contribution in [0.2, 0.25) is 0 Å². The van der Waals surface area contributed by atoms with Crippen LogP contribution in [0.3, 0.4) is 0 Å². The molecule has 0 radical (unpaired) electrons. The molecule has 7 nitrogen and oxygen atoms in total. The van der Waals surface area contributed by atoms with Crippen LogP contribution < -0.4 is 9.47 Å². The van der Waals surface area contributed by atoms with Gasteiger partial charge in [-0.3, -0.25) is 4.79 Å². The van der Waals surface area contributed by atoms with E-state index in [-0.39, 0.29) is 24.6 Å². The fourth-order valence-electron chi connectivity index (χ4n) is 2.53. The third kappa shape index (κ3) is 3.40. The molecule has 1 saturated heterocycles. The summed E-state index contributed by atoms with van der Waals surface area (Å²) >= 11 is 0. The Morgan fingerprint density at radius 1 is 1.30 bits per heavy atom. The van der Waals surface area contributed by atoms with Gasteiger partial charge < -0.3 is 14.6 Å². The van der Waals surface area contributed by atoms with E-state index in [1.165, 1.54) is 14.2 Å². The van der Waals surface area contributed by atoms with Crippen molar-refractivity contribution in [1.82, 2.24) is 4.31 Å². The van der Waals surface area contributed by atoms with Crippen LogP contribution >= 0.6 is 0 Å². The van der Waals surface area contributed by atoms with Crippen LogP contribution in [0.5, 0.6) is 11.5 Å². The summed E-state index contributed by atoms with van der Waals surface area (Å²) in [5.41, 5.74) is 0. The van der Waals surface area contributed by atoms with Gasteiger partial charge in [0.2, 0.25) is 10.0 Å². The minimum absolute atomic E-state index is 0.0750. The fraction of sp³-hybridized carbons (Fsp3) is 0.500. The average molecular weight is 347 g/mol. The van der Waals surface area contributed by atoms with E-state index in [9.17, 15) is 17.6 Å². The summed E-state index contributed by atoms with van der Waals surface area (Å²) in [6.45, 7) is -0.0225. The number of carbonyl (C=O) groups is 1. The second kappa shape index (κ2) is 6.71. The van der Waals surface area contributed by atoms with E-state index in [0.717, 1.165) is 16.4 Å². The zero-order chi connectivity index (χ0) is 17.2. The van der Waals surface area contributed by atoms with Crippen molar-refractivity contribution < 1.29 is 32.2 Å². The average Bonchev–Trinajstić information content (AvgIpc) is 2.54. The van der Waals surface area contributed by atoms with Gasteiger partial charge in [0.1, 0.15) is 10.7 Å². The molecule has 1 aliphatic heterocycles. The van der Waals surface area contributed by atoms with Gasteiger partial charge in [-0.1, -0.05) is 0 Å². The van der Waals surface area contributed by atoms with Crippen LogP contribution in [-0.2, 0) is 14.8 Å². The SMILES string of the molecule is COc1cc(F)c(S(=O)(=O)N2CCCC(C(=O)O)C2)cc1OC. The number of carboxylic acid groups (broad SMARTS) is 1. The standard InChI is InChI=1S/C14H18FNO6S/c1-21-11-6-10(15)13(7-12(11)22-2)23(19,20)16-5-3-4-9(8-16)14(17)18/h6-7,9H,3-5,8H2,1-2H3,(H,17,18). The first-order valence-electron chi connectivity index (χ1n) is 6.95. The number of carboxylic acids is 1. The van der Waals surface area contributed by atoms with E-state index in [1.807, 2.05) is 0 Å². The Morgan fingerprint density at radius 3 is 2.48 bits per heavy atom. The predicted octanol–water partition coefficient (Wildman–Crippen LogP) is 1.33. The van der Waals surface area contributed by atoms with Gasteiger partial charge in [0.25, 0.3) is 0 Å². The van der Waals surface area contributed by atoms with Crippen molar-refractivity contribution in [3.8, 4) is 11.5 Å². The summed E-state index contributed by atoms with van der Waals surface area (Å²) < 4.78 is 50.4. The van der Waals surface area contributed by atoms with Gasteiger partial charge in [0, 0.05) is 25.2 Å². The Morgan fingerprint density at radius 2 is 1.91 bits per heavy atom. The number of halogens is 1. The number of aliphatic carboxylic acids is 1. The number of hydrogen-bond donors (Lipinski definition) is 1. The maximum atomic E-state index is 14.2. The van der Waals surface area contributed by atoms with Crippen LogP contribution in [-0.4, -0.2) is 51.1 Å². The molecule has 1 aromatic carbocycles. The van der Waals surface area contributed by atoms with Crippen LogP contribution in [0.4, 0.5) is 4.39 Å². The van der Waals surface area contributed by atoms with Crippen molar-refractivity contribution in [3.05, 3.63) is 17.9 Å². The number of sulfonamides is 1. The molecule has 0 saturated carbocycles. The molecule has 0 aliphatic carbocycles. The zero-order valence-corrected chi connectivity index (χ0v) is 13.6. The van der Waals surface area contributed by atoms with Crippen LogP contribution in [0.1, 0.15) is 12.8 Å². The Kier molecular flexibility index (Phi) is 5.10. The molecular weight excluding hydrogens is 329 g/mol. The van der Waals surface area contributed by atoms with E-state index in [2.05, 4.69) is 0 Å². The van der Waals surface area contributed by atoms with Crippen LogP contribution in [0, 0.1) is 11.7 Å². The van der Waals surface area contributed by atoms with Gasteiger partial charge in [0.05, 0.1) is 20.1 Å². The fourth-order valence-corrected chi connectivity index (χ4v) is 4.12. The summed E-state index contributed by atoms with van der Waals surface area (Å²) in [4.78, 5) is 10.5. The lowest BCUT2D eigenvalue weighted by Crippen LogP contribution is -2.42. The number of hydrogen-bond acceptors (Lipinski definition) is 5. The number of benzene rings is 1. The van der Waals surface area contributed by atoms with Gasteiger partial charge in [0.15, 0.2) is 11.5 Å². The number of nitrogens with zero attached hydrogens (tertiary/aromatic N) is 1. The molecule has 0 amide bonds. The van der Waals surface area contributed by atoms with Gasteiger partial charge in [-0.25, -0.2) is 12.8 Å². The first kappa shape index (κ1) is 17.5. The summed E-state index contributed by atoms with van der Waals surface area (Å²) in [7, 11) is -1.53. The van der Waals surface area contributed by atoms with Gasteiger partial charge in [-0.15, -0.1) is 0 Å². The molecule has 1 unspecified atom stereocenters. The van der Waals surface area contributed by atoms with Crippen molar-refractivity contribution in [1.29, 1.82) is 0 Å². The molecule has 1 heterocycles. The maximum Gasteiger partial charge on any atom is 0.307 e. The first-order chi connectivity index (χ1) is 10.8. The lowest BCUT2D eigenvalue weighted by Gasteiger charge is -2.30. The number of piperidine rings is 1. The van der Waals surface area contributed by atoms with Crippen LogP contribution in [0.25, 0.3) is 0 Å². The highest BCUT2D eigenvalue weighted by molar-refractivity contribution is 7.89. The van der Waals surface area contributed by atoms with Crippen molar-refractivity contribution >= 4 is 16.0 Å². The summed E-state index contributed by atoms with van der Waals surface area (Å²) in [6, 6.07) is 1.98. The normalized spacial score (nSPS) is 19.3. The smallest absolute Gasteiger partial charge is 0.307 e. The molecule has 0 spiro atoms. The minimum Gasteiger partial charge on any atom is -0.493 e. The van der Waals surface area contributed by atoms with Crippen molar-refractivity contribution in [2.45, 2.75) is 17.7 Å². The quantitative estimate of drug-likeness (QED) is 0.864. The first-order valence-corrected chi connectivity index (χ1v) is 8.39. The van der Waals surface area contributed by atoms with Crippen molar-refractivity contribution in [2.75, 3.05) is 27.3 Å². The highest BCUT2D eigenvalue weighted by atomic mass is 32.2. The molecule has 9 heteroatoms. The van der Waals surface area contributed by atoms with E-state index in [4.69, 9.17) is 14.6 Å². The Balaban J connectivity index is 2.41. The van der Waals surface area contributed by atoms with Gasteiger partial charge in [-0.05, 0) is 12.8 Å². The Bertz CT molecular complexity index is 705. The largest absolute Gasteiger partial charge is 0.493 e. The molecule has 0 bridgehead atoms. The maximum absolute atomic E-state index is 14.2. The molecule has 1 fully saturated rings. The molecule has 1 atom stereocenters. The molecule has 1 aliphatic rings. The van der Waals surface area contributed by atoms with E-state index >= 15 is 0 Å². The highest BCUT2D eigenvalue weighted by Gasteiger charge is 2.35. The molecule has 0 aromatic heterocycles. The Hall–Kier alpha value is -1.87. The van der Waals surface area contributed by atoms with Crippen molar-refractivity contribution in [3.63, 3.8) is 0 Å². The lowest BCUT2D eigenvalue weighted by molar-refractivity contribution is -0.142. The highest BCUT2D eigenvalue weighted by Crippen LogP contribution is 2.34. The topological polar surface area (TPSA) is 93.1 Å². The van der Waals surface area contributed by atoms with Gasteiger partial charge in [-0.2, -0.15) is 4.31 Å². The lowest BCUT2D eigenvalue weighted by atomic mass is 10.0. The van der Waals surface area contributed by atoms with Gasteiger partial charge >= 0.3 is 5.97 Å². The van der Waals surface area contributed by atoms with E-state index in [0.29, 0.717) is 12.8 Å². The van der Waals surface area contributed by atoms with E-state index < -0.39 is 32.6 Å². The van der Waals surface area contributed by atoms with E-state index in [1.54, 1.807) is 0 Å². The molecule has 1 N–H and O–H groups in total. The molecule has 23 heavy (non-hydrogen) atoms. The predicted molar refractivity (Wildman–Crippen MR) is 78.6 cm³/mol. The minimum atomic E-state index is -4.16. The third-order valence-electron chi connectivity index (χ3n) is 3.79. The number of methoxy groups -OCH3 is 2. The summed E-state index contributed by atoms with van der Waals surface area (Å²) in [5, 5.41) is 9.07. The summed E-state index contributed by atoms with van der Waals surface area (Å²) in [5.74, 6) is -2.66. The molecular formula is C14H18FNO6S. The monoisotopic (exact) mass is 347 g/mol. The third-order valence-corrected chi connectivity index (χ3v) is 5.67. The Labute approximate surface area is 133 Å². The van der Waals surface area contributed by atoms with Crippen molar-refractivity contribution in [2.24, 2.45) is 5.92 Å². The zero-order valence-electron chi connectivity index (χ0n) is 12.8. The summed E-state index contributed by atoms with van der Waals surface area (Å²) in [6.07, 6.45) is 0.806. The second-order valence-corrected chi connectivity index (χ2v) is 7.08. The molecule has 128 valence electrons. The molecule has 1 aromatic rings.